The monoisotopic (exact) mass is 374 g/mol. The maximum Gasteiger partial charge on any atom is 0.319 e. The Morgan fingerprint density at radius 3 is 2.58 bits per heavy atom. The normalized spacial score (nSPS) is 19.6. The molecule has 1 aromatic carbocycles. The number of rotatable bonds is 5. The van der Waals surface area contributed by atoms with E-state index in [1.165, 1.54) is 16.2 Å². The number of nitrogens with zero attached hydrogens (tertiary/aromatic N) is 1. The maximum absolute atomic E-state index is 12.1. The van der Waals surface area contributed by atoms with Crippen molar-refractivity contribution in [3.05, 3.63) is 41.4 Å². The lowest BCUT2D eigenvalue weighted by Gasteiger charge is -2.29. The second kappa shape index (κ2) is 8.77. The Labute approximate surface area is 156 Å². The van der Waals surface area contributed by atoms with E-state index >= 15 is 0 Å². The summed E-state index contributed by atoms with van der Waals surface area (Å²) < 4.78 is 0. The summed E-state index contributed by atoms with van der Waals surface area (Å²) in [6.45, 7) is 4.17. The molecular weight excluding hydrogens is 350 g/mol. The number of amides is 3. The molecule has 8 heteroatoms. The largest absolute Gasteiger partial charge is 0.335 e. The van der Waals surface area contributed by atoms with Crippen molar-refractivity contribution in [3.63, 3.8) is 0 Å². The molecule has 1 aliphatic rings. The van der Waals surface area contributed by atoms with Crippen LogP contribution in [0.5, 0.6) is 0 Å². The molecule has 0 atom stereocenters. The number of carbonyl (C=O) groups is 2. The summed E-state index contributed by atoms with van der Waals surface area (Å²) in [5, 5.41) is 11.2. The standard InChI is InChI=1S/C18H23N5O2S/c1-13-2-4-14(5-3-13)20-17(25)21-15-6-9-23(10-7-15)12-16(24)22-18-19-8-11-26-18/h2-5,8,11,15H,6-7,9-10,12H2,1H3,(H,19,22,24)(H2,20,21,25)/p+1. The predicted octanol–water partition coefficient (Wildman–Crippen LogP) is 1.26. The Morgan fingerprint density at radius 2 is 1.92 bits per heavy atom. The maximum atomic E-state index is 12.1. The van der Waals surface area contributed by atoms with Gasteiger partial charge in [0.15, 0.2) is 11.7 Å². The second-order valence-corrected chi connectivity index (χ2v) is 7.45. The highest BCUT2D eigenvalue weighted by atomic mass is 32.1. The number of nitrogens with one attached hydrogen (secondary N) is 4. The number of hydrogen-bond acceptors (Lipinski definition) is 4. The molecule has 0 saturated carbocycles. The second-order valence-electron chi connectivity index (χ2n) is 6.55. The van der Waals surface area contributed by atoms with Crippen molar-refractivity contribution in [1.82, 2.24) is 10.3 Å². The van der Waals surface area contributed by atoms with Crippen LogP contribution in [0.1, 0.15) is 18.4 Å². The van der Waals surface area contributed by atoms with Crippen LogP contribution in [0, 0.1) is 6.92 Å². The van der Waals surface area contributed by atoms with Crippen molar-refractivity contribution in [3.8, 4) is 0 Å². The lowest BCUT2D eigenvalue weighted by molar-refractivity contribution is -0.897. The minimum atomic E-state index is -0.177. The van der Waals surface area contributed by atoms with Crippen molar-refractivity contribution < 1.29 is 14.5 Å². The molecule has 4 N–H and O–H groups in total. The van der Waals surface area contributed by atoms with Gasteiger partial charge >= 0.3 is 6.03 Å². The number of aromatic nitrogens is 1. The van der Waals surface area contributed by atoms with Gasteiger partial charge < -0.3 is 15.5 Å². The summed E-state index contributed by atoms with van der Waals surface area (Å²) in [6, 6.07) is 7.68. The van der Waals surface area contributed by atoms with Gasteiger partial charge in [-0.05, 0) is 19.1 Å². The van der Waals surface area contributed by atoms with E-state index in [1.807, 2.05) is 36.6 Å². The van der Waals surface area contributed by atoms with Gasteiger partial charge in [-0.25, -0.2) is 9.78 Å². The average molecular weight is 374 g/mol. The molecule has 7 nitrogen and oxygen atoms in total. The Hall–Kier alpha value is -2.45. The highest BCUT2D eigenvalue weighted by molar-refractivity contribution is 7.13. The molecule has 0 radical (unpaired) electrons. The van der Waals surface area contributed by atoms with Crippen LogP contribution in [0.15, 0.2) is 35.8 Å². The van der Waals surface area contributed by atoms with Gasteiger partial charge in [-0.15, -0.1) is 11.3 Å². The minimum Gasteiger partial charge on any atom is -0.335 e. The molecule has 138 valence electrons. The zero-order valence-corrected chi connectivity index (χ0v) is 15.6. The third-order valence-corrected chi connectivity index (χ3v) is 5.12. The SMILES string of the molecule is Cc1ccc(NC(=O)NC2CC[NH+](CC(=O)Nc3nccs3)CC2)cc1. The van der Waals surface area contributed by atoms with Crippen LogP contribution in [0.25, 0.3) is 0 Å². The zero-order chi connectivity index (χ0) is 18.4. The summed E-state index contributed by atoms with van der Waals surface area (Å²) >= 11 is 1.42. The van der Waals surface area contributed by atoms with Gasteiger partial charge in [0.05, 0.1) is 13.1 Å². The van der Waals surface area contributed by atoms with E-state index in [0.717, 1.165) is 37.2 Å². The molecule has 26 heavy (non-hydrogen) atoms. The Bertz CT molecular complexity index is 725. The first-order valence-corrected chi connectivity index (χ1v) is 9.63. The van der Waals surface area contributed by atoms with Crippen LogP contribution in [0.2, 0.25) is 0 Å². The fraction of sp³-hybridized carbons (Fsp3) is 0.389. The fourth-order valence-electron chi connectivity index (χ4n) is 3.01. The number of thiazole rings is 1. The van der Waals surface area contributed by atoms with Gasteiger partial charge in [0.1, 0.15) is 0 Å². The van der Waals surface area contributed by atoms with Crippen LogP contribution in [0.3, 0.4) is 0 Å². The Morgan fingerprint density at radius 1 is 1.19 bits per heavy atom. The summed E-state index contributed by atoms with van der Waals surface area (Å²) in [5.74, 6) is -0.0153. The molecule has 1 fully saturated rings. The van der Waals surface area contributed by atoms with Crippen molar-refractivity contribution >= 4 is 34.1 Å². The van der Waals surface area contributed by atoms with Crippen LogP contribution < -0.4 is 20.9 Å². The van der Waals surface area contributed by atoms with Gasteiger partial charge in [0, 0.05) is 36.1 Å². The predicted molar refractivity (Wildman–Crippen MR) is 103 cm³/mol. The van der Waals surface area contributed by atoms with Crippen LogP contribution in [-0.4, -0.2) is 42.6 Å². The van der Waals surface area contributed by atoms with Gasteiger partial charge in [-0.3, -0.25) is 10.1 Å². The first-order valence-electron chi connectivity index (χ1n) is 8.75. The number of quaternary nitrogens is 1. The summed E-state index contributed by atoms with van der Waals surface area (Å²) in [6.07, 6.45) is 3.40. The quantitative estimate of drug-likeness (QED) is 0.635. The fourth-order valence-corrected chi connectivity index (χ4v) is 3.56. The van der Waals surface area contributed by atoms with Crippen LogP contribution in [0.4, 0.5) is 15.6 Å². The Kier molecular flexibility index (Phi) is 6.19. The van der Waals surface area contributed by atoms with E-state index in [1.54, 1.807) is 6.20 Å². The minimum absolute atomic E-state index is 0.0153. The molecule has 2 heterocycles. The van der Waals surface area contributed by atoms with E-state index in [4.69, 9.17) is 0 Å². The summed E-state index contributed by atoms with van der Waals surface area (Å²) in [4.78, 5) is 29.4. The molecule has 3 amide bonds. The molecule has 2 aromatic rings. The molecule has 1 saturated heterocycles. The van der Waals surface area contributed by atoms with Crippen molar-refractivity contribution in [2.45, 2.75) is 25.8 Å². The highest BCUT2D eigenvalue weighted by Gasteiger charge is 2.25. The number of hydrogen-bond donors (Lipinski definition) is 4. The van der Waals surface area contributed by atoms with Gasteiger partial charge in [0.2, 0.25) is 0 Å². The highest BCUT2D eigenvalue weighted by Crippen LogP contribution is 2.10. The van der Waals surface area contributed by atoms with E-state index in [-0.39, 0.29) is 18.0 Å². The topological polar surface area (TPSA) is 87.6 Å². The van der Waals surface area contributed by atoms with Crippen molar-refractivity contribution in [2.24, 2.45) is 0 Å². The molecule has 0 spiro atoms. The lowest BCUT2D eigenvalue weighted by atomic mass is 10.1. The van der Waals surface area contributed by atoms with Crippen LogP contribution in [-0.2, 0) is 4.79 Å². The van der Waals surface area contributed by atoms with Gasteiger partial charge in [-0.1, -0.05) is 17.7 Å². The average Bonchev–Trinajstić information content (AvgIpc) is 3.11. The molecule has 3 rings (SSSR count). The third-order valence-electron chi connectivity index (χ3n) is 4.43. The summed E-state index contributed by atoms with van der Waals surface area (Å²) in [7, 11) is 0. The lowest BCUT2D eigenvalue weighted by Crippen LogP contribution is -3.14. The molecule has 0 unspecified atom stereocenters. The van der Waals surface area contributed by atoms with E-state index < -0.39 is 0 Å². The first kappa shape index (κ1) is 18.3. The molecule has 1 aliphatic heterocycles. The molecular formula is C18H24N5O2S+. The number of urea groups is 1. The Balaban J connectivity index is 1.37. The molecule has 1 aromatic heterocycles. The number of likely N-dealkylation sites (tertiary alicyclic amines) is 1. The van der Waals surface area contributed by atoms with Gasteiger partial charge in [-0.2, -0.15) is 0 Å². The van der Waals surface area contributed by atoms with Crippen molar-refractivity contribution in [1.29, 1.82) is 0 Å². The zero-order valence-electron chi connectivity index (χ0n) is 14.7. The van der Waals surface area contributed by atoms with E-state index in [2.05, 4.69) is 20.9 Å². The van der Waals surface area contributed by atoms with E-state index in [0.29, 0.717) is 11.7 Å². The third kappa shape index (κ3) is 5.53. The number of aryl methyl sites for hydroxylation is 1. The smallest absolute Gasteiger partial charge is 0.319 e. The number of piperidine rings is 1. The van der Waals surface area contributed by atoms with E-state index in [9.17, 15) is 9.59 Å². The van der Waals surface area contributed by atoms with Crippen molar-refractivity contribution in [2.75, 3.05) is 30.3 Å². The number of benzene rings is 1. The summed E-state index contributed by atoms with van der Waals surface area (Å²) in [5.41, 5.74) is 1.94. The number of carbonyl (C=O) groups excluding carboxylic acids is 2. The van der Waals surface area contributed by atoms with Gasteiger partial charge in [0.25, 0.3) is 5.91 Å². The molecule has 0 aliphatic carbocycles. The van der Waals surface area contributed by atoms with Crippen LogP contribution >= 0.6 is 11.3 Å². The number of anilines is 2. The first-order chi connectivity index (χ1) is 12.6. The molecule has 0 bridgehead atoms.